The van der Waals surface area contributed by atoms with E-state index < -0.39 is 17.7 Å². The molecule has 0 saturated heterocycles. The first-order valence-corrected chi connectivity index (χ1v) is 12.1. The van der Waals surface area contributed by atoms with Crippen LogP contribution in [0.15, 0.2) is 66.7 Å². The molecule has 10 heteroatoms. The topological polar surface area (TPSA) is 96.5 Å². The summed E-state index contributed by atoms with van der Waals surface area (Å²) in [6.07, 6.45) is -3.22. The molecule has 0 aliphatic rings. The molecule has 0 bridgehead atoms. The van der Waals surface area contributed by atoms with Gasteiger partial charge in [0.25, 0.3) is 5.91 Å². The van der Waals surface area contributed by atoms with Crippen LogP contribution >= 0.6 is 0 Å². The maximum atomic E-state index is 13.0. The number of hydrogen-bond donors (Lipinski definition) is 2. The van der Waals surface area contributed by atoms with E-state index in [-0.39, 0.29) is 18.9 Å². The summed E-state index contributed by atoms with van der Waals surface area (Å²) >= 11 is 0. The molecule has 1 aromatic heterocycles. The zero-order chi connectivity index (χ0) is 28.0. The molecule has 2 N–H and O–H groups in total. The quantitative estimate of drug-likeness (QED) is 0.187. The van der Waals surface area contributed by atoms with E-state index >= 15 is 0 Å². The Morgan fingerprint density at radius 1 is 0.923 bits per heavy atom. The van der Waals surface area contributed by atoms with Gasteiger partial charge in [0.05, 0.1) is 34.6 Å². The van der Waals surface area contributed by atoms with Gasteiger partial charge in [-0.25, -0.2) is 14.8 Å². The maximum absolute atomic E-state index is 13.0. The van der Waals surface area contributed by atoms with Gasteiger partial charge >= 0.3 is 12.1 Å². The fraction of sp³-hybridized carbons (Fsp3) is 0.207. The summed E-state index contributed by atoms with van der Waals surface area (Å²) in [7, 11) is 0. The number of nitrogens with zero attached hydrogens (tertiary/aromatic N) is 3. The molecule has 0 radical (unpaired) electrons. The number of benzene rings is 3. The van der Waals surface area contributed by atoms with Crippen LogP contribution in [0.1, 0.15) is 46.4 Å². The minimum atomic E-state index is -4.47. The van der Waals surface area contributed by atoms with Crippen LogP contribution in [0.3, 0.4) is 0 Å². The molecule has 3 aromatic carbocycles. The number of aryl methyl sites for hydroxylation is 1. The number of carboxylic acids is 1. The van der Waals surface area contributed by atoms with Gasteiger partial charge in [-0.2, -0.15) is 13.2 Å². The van der Waals surface area contributed by atoms with Crippen molar-refractivity contribution in [3.63, 3.8) is 0 Å². The van der Waals surface area contributed by atoms with Gasteiger partial charge in [-0.05, 0) is 55.2 Å². The highest BCUT2D eigenvalue weighted by atomic mass is 19.4. The van der Waals surface area contributed by atoms with Crippen LogP contribution in [0, 0.1) is 6.57 Å². The van der Waals surface area contributed by atoms with Crippen molar-refractivity contribution in [1.29, 1.82) is 0 Å². The molecule has 198 valence electrons. The summed E-state index contributed by atoms with van der Waals surface area (Å²) < 4.78 is 39.1. The van der Waals surface area contributed by atoms with Crippen molar-refractivity contribution in [3.8, 4) is 11.3 Å². The first-order chi connectivity index (χ1) is 18.6. The van der Waals surface area contributed by atoms with Gasteiger partial charge in [0, 0.05) is 24.1 Å². The van der Waals surface area contributed by atoms with Gasteiger partial charge in [-0.3, -0.25) is 9.59 Å². The average Bonchev–Trinajstić information content (AvgIpc) is 2.93. The number of nitrogens with one attached hydrogen (secondary N) is 1. The van der Waals surface area contributed by atoms with E-state index in [2.05, 4.69) is 20.1 Å². The number of aliphatic carboxylic acids is 1. The molecule has 1 heterocycles. The Hall–Kier alpha value is -4.78. The van der Waals surface area contributed by atoms with Crippen molar-refractivity contribution in [2.45, 2.75) is 38.4 Å². The first-order valence-electron chi connectivity index (χ1n) is 12.1. The lowest BCUT2D eigenvalue weighted by molar-refractivity contribution is -0.138. The largest absolute Gasteiger partial charge is 0.481 e. The second kappa shape index (κ2) is 11.7. The van der Waals surface area contributed by atoms with Crippen LogP contribution in [0.4, 0.5) is 18.9 Å². The molecular formula is C29H23F3N4O3. The number of carbonyl (C=O) groups excluding carboxylic acids is 1. The molecule has 0 aliphatic carbocycles. The lowest BCUT2D eigenvalue weighted by Crippen LogP contribution is -2.22. The Morgan fingerprint density at radius 3 is 2.28 bits per heavy atom. The van der Waals surface area contributed by atoms with E-state index in [0.717, 1.165) is 17.7 Å². The van der Waals surface area contributed by atoms with Crippen LogP contribution in [0.25, 0.3) is 27.1 Å². The molecule has 0 unspecified atom stereocenters. The highest BCUT2D eigenvalue weighted by Crippen LogP contribution is 2.32. The monoisotopic (exact) mass is 532 g/mol. The molecule has 0 saturated carbocycles. The van der Waals surface area contributed by atoms with Crippen molar-refractivity contribution in [1.82, 2.24) is 15.3 Å². The van der Waals surface area contributed by atoms with Gasteiger partial charge in [0.1, 0.15) is 0 Å². The van der Waals surface area contributed by atoms with Crippen molar-refractivity contribution in [2.24, 2.45) is 0 Å². The van der Waals surface area contributed by atoms with Crippen LogP contribution in [0.2, 0.25) is 0 Å². The third-order valence-electron chi connectivity index (χ3n) is 6.06. The van der Waals surface area contributed by atoms with Crippen LogP contribution in [0.5, 0.6) is 0 Å². The molecule has 7 nitrogen and oxygen atoms in total. The minimum absolute atomic E-state index is 0.0124. The fourth-order valence-corrected chi connectivity index (χ4v) is 4.00. The van der Waals surface area contributed by atoms with Gasteiger partial charge in [0.2, 0.25) is 0 Å². The van der Waals surface area contributed by atoms with Gasteiger partial charge < -0.3 is 10.4 Å². The second-order valence-electron chi connectivity index (χ2n) is 8.86. The number of amides is 1. The number of halogens is 3. The molecular weight excluding hydrogens is 509 g/mol. The number of fused-ring (bicyclic) bond motifs is 1. The predicted molar refractivity (Wildman–Crippen MR) is 139 cm³/mol. The number of aromatic nitrogens is 2. The molecule has 0 atom stereocenters. The second-order valence-corrected chi connectivity index (χ2v) is 8.86. The van der Waals surface area contributed by atoms with Crippen LogP contribution in [-0.2, 0) is 23.9 Å². The number of unbranched alkanes of at least 4 members (excludes halogenated alkanes) is 1. The highest BCUT2D eigenvalue weighted by molar-refractivity contribution is 5.97. The van der Waals surface area contributed by atoms with Crippen LogP contribution < -0.4 is 5.32 Å². The normalized spacial score (nSPS) is 11.2. The SMILES string of the molecule is [C-]#[N+]c1ccc(CNC(=O)c2ccc3nc(-c4ccc(C(F)(F)F)cc4)c(CCCCC(=O)O)nc3c2)cc1. The highest BCUT2D eigenvalue weighted by Gasteiger charge is 2.30. The zero-order valence-corrected chi connectivity index (χ0v) is 20.6. The Bertz CT molecular complexity index is 1540. The van der Waals surface area contributed by atoms with Crippen molar-refractivity contribution >= 4 is 28.6 Å². The van der Waals surface area contributed by atoms with Gasteiger partial charge in [-0.15, -0.1) is 0 Å². The Balaban J connectivity index is 1.61. The Morgan fingerprint density at radius 2 is 1.64 bits per heavy atom. The lowest BCUT2D eigenvalue weighted by atomic mass is 10.0. The molecule has 0 aliphatic heterocycles. The number of carboxylic acid groups (broad SMARTS) is 1. The van der Waals surface area contributed by atoms with Crippen molar-refractivity contribution < 1.29 is 27.9 Å². The molecule has 1 amide bonds. The minimum Gasteiger partial charge on any atom is -0.481 e. The summed E-state index contributed by atoms with van der Waals surface area (Å²) in [6.45, 7) is 7.28. The molecule has 0 spiro atoms. The first kappa shape index (κ1) is 27.3. The molecule has 0 fully saturated rings. The van der Waals surface area contributed by atoms with Crippen molar-refractivity contribution in [3.05, 3.63) is 101 Å². The maximum Gasteiger partial charge on any atom is 0.416 e. The van der Waals surface area contributed by atoms with E-state index in [1.54, 1.807) is 42.5 Å². The van der Waals surface area contributed by atoms with E-state index in [1.807, 2.05) is 0 Å². The summed E-state index contributed by atoms with van der Waals surface area (Å²) in [5.41, 5.74) is 3.19. The molecule has 4 rings (SSSR count). The Labute approximate surface area is 222 Å². The van der Waals surface area contributed by atoms with Gasteiger partial charge in [-0.1, -0.05) is 36.4 Å². The van der Waals surface area contributed by atoms with E-state index in [9.17, 15) is 22.8 Å². The zero-order valence-electron chi connectivity index (χ0n) is 20.6. The van der Waals surface area contributed by atoms with Gasteiger partial charge in [0.15, 0.2) is 5.69 Å². The third kappa shape index (κ3) is 6.96. The van der Waals surface area contributed by atoms with E-state index in [4.69, 9.17) is 11.7 Å². The fourth-order valence-electron chi connectivity index (χ4n) is 4.00. The van der Waals surface area contributed by atoms with E-state index in [1.165, 1.54) is 12.1 Å². The van der Waals surface area contributed by atoms with Crippen LogP contribution in [-0.4, -0.2) is 27.0 Å². The lowest BCUT2D eigenvalue weighted by Gasteiger charge is -2.12. The van der Waals surface area contributed by atoms with Crippen molar-refractivity contribution in [2.75, 3.05) is 0 Å². The number of alkyl halides is 3. The number of carbonyl (C=O) groups is 2. The van der Waals surface area contributed by atoms with E-state index in [0.29, 0.717) is 58.5 Å². The predicted octanol–water partition coefficient (Wildman–Crippen LogP) is 6.59. The third-order valence-corrected chi connectivity index (χ3v) is 6.06. The standard InChI is InChI=1S/C29H23F3N4O3/c1-33-22-13-6-18(7-14-22)17-34-28(39)20-10-15-23-25(16-20)35-24(4-2-3-5-26(37)38)27(36-23)19-8-11-21(12-9-19)29(30,31)32/h6-16H,2-5,17H2,(H,34,39)(H,37,38). The molecule has 39 heavy (non-hydrogen) atoms. The number of rotatable bonds is 9. The summed E-state index contributed by atoms with van der Waals surface area (Å²) in [5, 5.41) is 11.8. The average molecular weight is 533 g/mol. The number of hydrogen-bond acceptors (Lipinski definition) is 4. The smallest absolute Gasteiger partial charge is 0.416 e. The molecule has 4 aromatic rings. The summed E-state index contributed by atoms with van der Waals surface area (Å²) in [6, 6.07) is 16.3. The Kier molecular flexibility index (Phi) is 8.20. The summed E-state index contributed by atoms with van der Waals surface area (Å²) in [5.74, 6) is -1.25. The summed E-state index contributed by atoms with van der Waals surface area (Å²) in [4.78, 5) is 36.3.